The number of hydrogen-bond acceptors (Lipinski definition) is 6. The van der Waals surface area contributed by atoms with Crippen molar-refractivity contribution in [1.82, 2.24) is 19.4 Å². The van der Waals surface area contributed by atoms with Crippen molar-refractivity contribution in [2.45, 2.75) is 29.7 Å². The average molecular weight is 515 g/mol. The van der Waals surface area contributed by atoms with E-state index in [4.69, 9.17) is 9.47 Å². The molecule has 1 unspecified atom stereocenters. The average Bonchev–Trinajstić information content (AvgIpc) is 3.29. The van der Waals surface area contributed by atoms with Gasteiger partial charge >= 0.3 is 0 Å². The number of halogens is 1. The predicted octanol–water partition coefficient (Wildman–Crippen LogP) is 3.40. The number of aromatic nitrogens is 2. The molecule has 0 aliphatic carbocycles. The molecule has 36 heavy (non-hydrogen) atoms. The van der Waals surface area contributed by atoms with Crippen LogP contribution in [0.4, 0.5) is 4.39 Å². The number of nitrogens with one attached hydrogen (secondary N) is 1. The summed E-state index contributed by atoms with van der Waals surface area (Å²) in [6, 6.07) is 13.4. The number of hydrogen-bond donors (Lipinski definition) is 1. The van der Waals surface area contributed by atoms with Crippen molar-refractivity contribution >= 4 is 10.0 Å². The molecule has 3 aliphatic heterocycles. The fourth-order valence-corrected chi connectivity index (χ4v) is 6.81. The number of rotatable bonds is 8. The van der Waals surface area contributed by atoms with Crippen LogP contribution in [-0.4, -0.2) is 63.0 Å². The Bertz CT molecular complexity index is 1340. The largest absolute Gasteiger partial charge is 0.497 e. The Morgan fingerprint density at radius 1 is 1.11 bits per heavy atom. The molecule has 6 rings (SSSR count). The van der Waals surface area contributed by atoms with Crippen LogP contribution in [0.2, 0.25) is 0 Å². The molecule has 3 saturated heterocycles. The molecular weight excluding hydrogens is 483 g/mol. The van der Waals surface area contributed by atoms with E-state index in [9.17, 15) is 12.8 Å². The number of methoxy groups -OCH3 is 2. The van der Waals surface area contributed by atoms with Crippen LogP contribution < -0.4 is 14.2 Å². The van der Waals surface area contributed by atoms with Gasteiger partial charge in [0, 0.05) is 49.4 Å². The second kappa shape index (κ2) is 9.84. The van der Waals surface area contributed by atoms with Gasteiger partial charge in [-0.25, -0.2) is 17.5 Å². The third-order valence-electron chi connectivity index (χ3n) is 7.48. The molecule has 10 heteroatoms. The number of nitrogens with zero attached hydrogens (tertiary/aromatic N) is 3. The Kier molecular flexibility index (Phi) is 6.76. The van der Waals surface area contributed by atoms with E-state index >= 15 is 0 Å². The van der Waals surface area contributed by atoms with Crippen LogP contribution >= 0.6 is 0 Å². The molecule has 3 aliphatic rings. The summed E-state index contributed by atoms with van der Waals surface area (Å²) in [5.74, 6) is 1.22. The minimum absolute atomic E-state index is 0.0707. The van der Waals surface area contributed by atoms with Crippen LogP contribution in [0.3, 0.4) is 0 Å². The molecule has 192 valence electrons. The SMILES string of the molecule is COc1ccc(OC)c(S(=O)(=O)NC[C@H]2C[C@@H]3CCN2C[C@@H]3c2cc(-c3ccc(F)cc3)nn2C)c1. The number of piperidine rings is 3. The topological polar surface area (TPSA) is 85.7 Å². The first-order chi connectivity index (χ1) is 17.3. The van der Waals surface area contributed by atoms with Gasteiger partial charge in [0.25, 0.3) is 0 Å². The lowest BCUT2D eigenvalue weighted by Crippen LogP contribution is -2.56. The Morgan fingerprint density at radius 2 is 1.89 bits per heavy atom. The van der Waals surface area contributed by atoms with Crippen molar-refractivity contribution in [2.75, 3.05) is 33.9 Å². The molecule has 0 spiro atoms. The summed E-state index contributed by atoms with van der Waals surface area (Å²) in [5, 5.41) is 4.68. The molecule has 4 atom stereocenters. The molecule has 1 N–H and O–H groups in total. The van der Waals surface area contributed by atoms with E-state index in [2.05, 4.69) is 20.8 Å². The zero-order chi connectivity index (χ0) is 25.4. The Morgan fingerprint density at radius 3 is 2.56 bits per heavy atom. The van der Waals surface area contributed by atoms with Gasteiger partial charge in [-0.2, -0.15) is 5.10 Å². The summed E-state index contributed by atoms with van der Waals surface area (Å²) in [4.78, 5) is 2.45. The maximum Gasteiger partial charge on any atom is 0.244 e. The number of sulfonamides is 1. The Labute approximate surface area is 211 Å². The van der Waals surface area contributed by atoms with Crippen LogP contribution in [0.25, 0.3) is 11.3 Å². The summed E-state index contributed by atoms with van der Waals surface area (Å²) in [7, 11) is 1.12. The minimum Gasteiger partial charge on any atom is -0.497 e. The second-order valence-corrected chi connectivity index (χ2v) is 11.2. The fraction of sp³-hybridized carbons (Fsp3) is 0.423. The highest BCUT2D eigenvalue weighted by molar-refractivity contribution is 7.89. The van der Waals surface area contributed by atoms with Gasteiger partial charge in [0.2, 0.25) is 10.0 Å². The molecule has 2 bridgehead atoms. The maximum absolute atomic E-state index is 13.3. The lowest BCUT2D eigenvalue weighted by Gasteiger charge is -2.49. The van der Waals surface area contributed by atoms with Crippen LogP contribution in [0, 0.1) is 11.7 Å². The number of aryl methyl sites for hydroxylation is 1. The highest BCUT2D eigenvalue weighted by atomic mass is 32.2. The van der Waals surface area contributed by atoms with E-state index in [0.29, 0.717) is 24.1 Å². The lowest BCUT2D eigenvalue weighted by atomic mass is 9.74. The van der Waals surface area contributed by atoms with Crippen LogP contribution in [0.15, 0.2) is 53.4 Å². The van der Waals surface area contributed by atoms with Gasteiger partial charge in [0.1, 0.15) is 22.2 Å². The Balaban J connectivity index is 1.28. The summed E-state index contributed by atoms with van der Waals surface area (Å²) < 4.78 is 54.8. The lowest BCUT2D eigenvalue weighted by molar-refractivity contribution is 0.0306. The maximum atomic E-state index is 13.3. The van der Waals surface area contributed by atoms with Crippen molar-refractivity contribution in [1.29, 1.82) is 0 Å². The highest BCUT2D eigenvalue weighted by Crippen LogP contribution is 2.42. The Hall–Kier alpha value is -2.95. The molecule has 3 aromatic rings. The molecule has 0 amide bonds. The van der Waals surface area contributed by atoms with E-state index in [1.54, 1.807) is 24.3 Å². The molecule has 0 radical (unpaired) electrons. The van der Waals surface area contributed by atoms with Crippen molar-refractivity contribution in [2.24, 2.45) is 13.0 Å². The summed E-state index contributed by atoms with van der Waals surface area (Å²) in [6.45, 7) is 2.12. The predicted molar refractivity (Wildman–Crippen MR) is 134 cm³/mol. The number of ether oxygens (including phenoxy) is 2. The minimum atomic E-state index is -3.78. The monoisotopic (exact) mass is 514 g/mol. The second-order valence-electron chi connectivity index (χ2n) is 9.49. The van der Waals surface area contributed by atoms with Crippen LogP contribution in [-0.2, 0) is 17.1 Å². The van der Waals surface area contributed by atoms with Crippen molar-refractivity contribution in [3.63, 3.8) is 0 Å². The number of benzene rings is 2. The molecule has 1 aromatic heterocycles. The van der Waals surface area contributed by atoms with Gasteiger partial charge in [-0.15, -0.1) is 0 Å². The highest BCUT2D eigenvalue weighted by Gasteiger charge is 2.42. The molecule has 3 fully saturated rings. The quantitative estimate of drug-likeness (QED) is 0.496. The molecule has 2 aromatic carbocycles. The first kappa shape index (κ1) is 24.7. The van der Waals surface area contributed by atoms with Gasteiger partial charge in [-0.1, -0.05) is 0 Å². The molecular formula is C26H31FN4O4S. The van der Waals surface area contributed by atoms with Gasteiger partial charge in [0.05, 0.1) is 19.9 Å². The van der Waals surface area contributed by atoms with Gasteiger partial charge in [-0.3, -0.25) is 9.58 Å². The zero-order valence-corrected chi connectivity index (χ0v) is 21.5. The standard InChI is InChI=1S/C26H31FN4O4S/c1-30-24(14-23(29-30)17-4-6-19(27)7-5-17)22-16-31-11-10-18(22)12-20(31)15-28-36(32,33)26-13-21(34-2)8-9-25(26)35-3/h4-9,13-14,18,20,22,28H,10-12,15-16H2,1-3H3/t18-,20+,22-/m0/s1. The van der Waals surface area contributed by atoms with Crippen molar-refractivity contribution in [3.8, 4) is 22.8 Å². The molecule has 4 heterocycles. The summed E-state index contributed by atoms with van der Waals surface area (Å²) >= 11 is 0. The van der Waals surface area contributed by atoms with Crippen LogP contribution in [0.1, 0.15) is 24.5 Å². The summed E-state index contributed by atoms with van der Waals surface area (Å²) in [5.41, 5.74) is 2.88. The first-order valence-electron chi connectivity index (χ1n) is 12.0. The van der Waals surface area contributed by atoms with Crippen molar-refractivity contribution < 1.29 is 22.3 Å². The van der Waals surface area contributed by atoms with Crippen LogP contribution in [0.5, 0.6) is 11.5 Å². The first-order valence-corrected chi connectivity index (χ1v) is 13.5. The van der Waals surface area contributed by atoms with Gasteiger partial charge in [0.15, 0.2) is 0 Å². The number of fused-ring (bicyclic) bond motifs is 3. The molecule has 8 nitrogen and oxygen atoms in total. The van der Waals surface area contributed by atoms with E-state index in [0.717, 1.165) is 42.9 Å². The third kappa shape index (κ3) is 4.72. The van der Waals surface area contributed by atoms with Gasteiger partial charge in [-0.05, 0) is 67.8 Å². The van der Waals surface area contributed by atoms with E-state index in [1.807, 2.05) is 11.7 Å². The third-order valence-corrected chi connectivity index (χ3v) is 8.93. The van der Waals surface area contributed by atoms with Gasteiger partial charge < -0.3 is 9.47 Å². The summed E-state index contributed by atoms with van der Waals surface area (Å²) in [6.07, 6.45) is 1.97. The van der Waals surface area contributed by atoms with Crippen molar-refractivity contribution in [3.05, 3.63) is 60.0 Å². The van der Waals surface area contributed by atoms with E-state index < -0.39 is 10.0 Å². The smallest absolute Gasteiger partial charge is 0.244 e. The normalized spacial score (nSPS) is 23.6. The van der Waals surface area contributed by atoms with E-state index in [1.165, 1.54) is 32.4 Å². The zero-order valence-electron chi connectivity index (χ0n) is 20.6. The fourth-order valence-electron chi connectivity index (χ4n) is 5.55. The molecule has 0 saturated carbocycles. The van der Waals surface area contributed by atoms with E-state index in [-0.39, 0.29) is 22.5 Å².